The molecular weight excluding hydrogens is 395 g/mol. The first-order valence-corrected chi connectivity index (χ1v) is 8.74. The Morgan fingerprint density at radius 3 is 2.52 bits per heavy atom. The number of carbonyl (C=O) groups excluding carboxylic acids is 2. The molecule has 2 amide bonds. The van der Waals surface area contributed by atoms with Crippen LogP contribution in [0.2, 0.25) is 0 Å². The number of rotatable bonds is 6. The number of piperazine rings is 1. The number of carbonyl (C=O) groups is 2. The Kier molecular flexibility index (Phi) is 5.94. The lowest BCUT2D eigenvalue weighted by molar-refractivity contribution is -0.140. The second-order valence-electron chi connectivity index (χ2n) is 6.87. The van der Waals surface area contributed by atoms with Gasteiger partial charge in [-0.1, -0.05) is 12.1 Å². The van der Waals surface area contributed by atoms with Gasteiger partial charge in [0.15, 0.2) is 12.5 Å². The maximum absolute atomic E-state index is 12.8. The maximum atomic E-state index is 12.8. The molecule has 29 heavy (non-hydrogen) atoms. The molecule has 2 unspecified atom stereocenters. The van der Waals surface area contributed by atoms with E-state index in [-0.39, 0.29) is 18.9 Å². The van der Waals surface area contributed by atoms with E-state index in [1.54, 1.807) is 13.8 Å². The van der Waals surface area contributed by atoms with Crippen LogP contribution < -0.4 is 10.8 Å². The molecule has 1 aromatic carbocycles. The predicted octanol–water partition coefficient (Wildman–Crippen LogP) is 1.50. The van der Waals surface area contributed by atoms with Crippen LogP contribution in [-0.4, -0.2) is 47.0 Å². The van der Waals surface area contributed by atoms with Gasteiger partial charge in [-0.05, 0) is 37.1 Å². The minimum absolute atomic E-state index is 0.00514. The fourth-order valence-corrected chi connectivity index (χ4v) is 3.06. The zero-order valence-electron chi connectivity index (χ0n) is 15.6. The van der Waals surface area contributed by atoms with Crippen molar-refractivity contribution >= 4 is 11.8 Å². The molecule has 158 valence electrons. The molecule has 1 aromatic rings. The minimum Gasteiger partial charge on any atom is -0.375 e. The molecule has 8 nitrogen and oxygen atoms in total. The van der Waals surface area contributed by atoms with Crippen LogP contribution in [0.25, 0.3) is 0 Å². The standard InChI is InChI=1S/C18H20F3N3O5/c1-9(2)13(14(25)23-27)24-16(26)12(22-15-17(24)29-15)8-28-7-10-3-5-11(6-4-10)18(19,20)21/h3-6,12,15,17,22,27H,7-8H2,1-2H3,(H,23,25)/t12-,15?,17?/m0/s1. The Labute approximate surface area is 164 Å². The summed E-state index contributed by atoms with van der Waals surface area (Å²) in [6, 6.07) is 3.70. The molecule has 0 aromatic heterocycles. The molecule has 0 bridgehead atoms. The van der Waals surface area contributed by atoms with Gasteiger partial charge in [0.05, 0.1) is 18.8 Å². The number of epoxide rings is 1. The van der Waals surface area contributed by atoms with Crippen LogP contribution in [0.1, 0.15) is 25.0 Å². The van der Waals surface area contributed by atoms with Crippen LogP contribution in [0.15, 0.2) is 35.5 Å². The first kappa shape index (κ1) is 21.2. The van der Waals surface area contributed by atoms with Crippen LogP contribution in [0.5, 0.6) is 0 Å². The van der Waals surface area contributed by atoms with Crippen molar-refractivity contribution in [2.45, 2.75) is 45.1 Å². The van der Waals surface area contributed by atoms with Crippen molar-refractivity contribution in [1.82, 2.24) is 15.7 Å². The highest BCUT2D eigenvalue weighted by Gasteiger charge is 2.55. The molecule has 2 heterocycles. The molecule has 3 N–H and O–H groups in total. The summed E-state index contributed by atoms with van der Waals surface area (Å²) in [4.78, 5) is 25.9. The molecular formula is C18H20F3N3O5. The van der Waals surface area contributed by atoms with Gasteiger partial charge in [0.2, 0.25) is 5.91 Å². The van der Waals surface area contributed by atoms with Gasteiger partial charge < -0.3 is 9.47 Å². The van der Waals surface area contributed by atoms with Gasteiger partial charge in [-0.25, -0.2) is 5.48 Å². The second kappa shape index (κ2) is 8.11. The van der Waals surface area contributed by atoms with E-state index in [9.17, 15) is 22.8 Å². The maximum Gasteiger partial charge on any atom is 0.416 e. The third-order valence-electron chi connectivity index (χ3n) is 4.49. The molecule has 2 saturated heterocycles. The van der Waals surface area contributed by atoms with Crippen molar-refractivity contribution < 1.29 is 37.4 Å². The van der Waals surface area contributed by atoms with Gasteiger partial charge in [0.1, 0.15) is 11.7 Å². The number of halogens is 3. The van der Waals surface area contributed by atoms with Gasteiger partial charge in [0, 0.05) is 0 Å². The molecule has 11 heteroatoms. The summed E-state index contributed by atoms with van der Waals surface area (Å²) in [6.45, 7) is 3.16. The summed E-state index contributed by atoms with van der Waals surface area (Å²) >= 11 is 0. The summed E-state index contributed by atoms with van der Waals surface area (Å²) in [5.41, 5.74) is 1.77. The molecule has 2 aliphatic rings. The monoisotopic (exact) mass is 415 g/mol. The Morgan fingerprint density at radius 2 is 1.97 bits per heavy atom. The van der Waals surface area contributed by atoms with Gasteiger partial charge in [0.25, 0.3) is 5.91 Å². The number of allylic oxidation sites excluding steroid dienone is 1. The third kappa shape index (κ3) is 4.58. The van der Waals surface area contributed by atoms with E-state index >= 15 is 0 Å². The van der Waals surface area contributed by atoms with Crippen molar-refractivity contribution in [3.8, 4) is 0 Å². The number of alkyl halides is 3. The van der Waals surface area contributed by atoms with Crippen LogP contribution in [0.3, 0.4) is 0 Å². The first-order chi connectivity index (χ1) is 13.6. The van der Waals surface area contributed by atoms with E-state index in [4.69, 9.17) is 14.7 Å². The molecule has 2 aliphatic heterocycles. The van der Waals surface area contributed by atoms with E-state index in [2.05, 4.69) is 5.32 Å². The highest BCUT2D eigenvalue weighted by Crippen LogP contribution is 2.33. The van der Waals surface area contributed by atoms with E-state index < -0.39 is 42.1 Å². The van der Waals surface area contributed by atoms with E-state index in [0.717, 1.165) is 12.1 Å². The Bertz CT molecular complexity index is 821. The topological polar surface area (TPSA) is 103 Å². The normalized spacial score (nSPS) is 23.4. The highest BCUT2D eigenvalue weighted by atomic mass is 19.4. The number of ether oxygens (including phenoxy) is 2. The van der Waals surface area contributed by atoms with Crippen LogP contribution >= 0.6 is 0 Å². The molecule has 3 atom stereocenters. The average molecular weight is 415 g/mol. The molecule has 0 radical (unpaired) electrons. The molecule has 3 rings (SSSR count). The molecule has 0 saturated carbocycles. The Morgan fingerprint density at radius 1 is 1.31 bits per heavy atom. The zero-order chi connectivity index (χ0) is 21.3. The van der Waals surface area contributed by atoms with Gasteiger partial charge in [-0.15, -0.1) is 0 Å². The lowest BCUT2D eigenvalue weighted by Crippen LogP contribution is -2.57. The predicted molar refractivity (Wildman–Crippen MR) is 91.8 cm³/mol. The minimum atomic E-state index is -4.41. The molecule has 0 aliphatic carbocycles. The van der Waals surface area contributed by atoms with Crippen molar-refractivity contribution in [3.05, 3.63) is 46.7 Å². The first-order valence-electron chi connectivity index (χ1n) is 8.74. The van der Waals surface area contributed by atoms with Gasteiger partial charge in [-0.3, -0.25) is 25.0 Å². The summed E-state index contributed by atoms with van der Waals surface area (Å²) < 4.78 is 48.6. The zero-order valence-corrected chi connectivity index (χ0v) is 15.6. The highest BCUT2D eigenvalue weighted by molar-refractivity contribution is 5.99. The fourth-order valence-electron chi connectivity index (χ4n) is 3.06. The summed E-state index contributed by atoms with van der Waals surface area (Å²) in [7, 11) is 0. The summed E-state index contributed by atoms with van der Waals surface area (Å²) in [6.07, 6.45) is -5.55. The van der Waals surface area contributed by atoms with Crippen LogP contribution in [0, 0.1) is 0 Å². The van der Waals surface area contributed by atoms with Crippen molar-refractivity contribution in [1.29, 1.82) is 0 Å². The van der Waals surface area contributed by atoms with Crippen LogP contribution in [0.4, 0.5) is 13.2 Å². The number of fused-ring (bicyclic) bond motifs is 1. The Hall–Kier alpha value is -2.47. The summed E-state index contributed by atoms with van der Waals surface area (Å²) in [5.74, 6) is -1.31. The fraction of sp³-hybridized carbons (Fsp3) is 0.444. The number of hydroxylamine groups is 1. The number of nitrogens with one attached hydrogen (secondary N) is 2. The lowest BCUT2D eigenvalue weighted by Gasteiger charge is -2.31. The smallest absolute Gasteiger partial charge is 0.375 e. The lowest BCUT2D eigenvalue weighted by atomic mass is 10.1. The number of nitrogens with zero attached hydrogens (tertiary/aromatic N) is 1. The molecule has 0 spiro atoms. The number of amides is 2. The number of benzene rings is 1. The third-order valence-corrected chi connectivity index (χ3v) is 4.49. The number of hydrogen-bond acceptors (Lipinski definition) is 6. The Balaban J connectivity index is 1.63. The van der Waals surface area contributed by atoms with E-state index in [1.807, 2.05) is 0 Å². The van der Waals surface area contributed by atoms with Crippen molar-refractivity contribution in [2.24, 2.45) is 0 Å². The largest absolute Gasteiger partial charge is 0.416 e. The second-order valence-corrected chi connectivity index (χ2v) is 6.87. The van der Waals surface area contributed by atoms with E-state index in [1.165, 1.54) is 22.5 Å². The van der Waals surface area contributed by atoms with Crippen molar-refractivity contribution in [3.63, 3.8) is 0 Å². The van der Waals surface area contributed by atoms with Gasteiger partial charge in [-0.2, -0.15) is 13.2 Å². The van der Waals surface area contributed by atoms with Crippen molar-refractivity contribution in [2.75, 3.05) is 6.61 Å². The SMILES string of the molecule is CC(C)=C(C(=O)NO)N1C(=O)[C@H](COCc2ccc(C(F)(F)F)cc2)NC2OC21. The molecule has 2 fully saturated rings. The number of hydrogen-bond donors (Lipinski definition) is 3. The average Bonchev–Trinajstić information content (AvgIpc) is 3.42. The summed E-state index contributed by atoms with van der Waals surface area (Å²) in [5, 5.41) is 11.9. The van der Waals surface area contributed by atoms with Crippen LogP contribution in [-0.2, 0) is 31.8 Å². The van der Waals surface area contributed by atoms with Gasteiger partial charge >= 0.3 is 6.18 Å². The quantitative estimate of drug-likeness (QED) is 0.282. The van der Waals surface area contributed by atoms with E-state index in [0.29, 0.717) is 11.1 Å².